The first kappa shape index (κ1) is 34.6. The van der Waals surface area contributed by atoms with Crippen LogP contribution < -0.4 is 10.3 Å². The number of amides is 1. The van der Waals surface area contributed by atoms with E-state index >= 15 is 0 Å². The smallest absolute Gasteiger partial charge is 0.407 e. The van der Waals surface area contributed by atoms with E-state index in [4.69, 9.17) is 18.7 Å². The highest BCUT2D eigenvalue weighted by Gasteiger charge is 2.44. The van der Waals surface area contributed by atoms with Gasteiger partial charge in [-0.2, -0.15) is 4.31 Å². The lowest BCUT2D eigenvalue weighted by atomic mass is 10.0. The van der Waals surface area contributed by atoms with Crippen LogP contribution in [-0.2, 0) is 30.7 Å². The maximum Gasteiger partial charge on any atom is 0.407 e. The Kier molecular flexibility index (Phi) is 10.9. The van der Waals surface area contributed by atoms with Gasteiger partial charge in [-0.1, -0.05) is 49.3 Å². The number of carbonyl (C=O) groups is 1. The molecular formula is C34H47N5O8S. The van der Waals surface area contributed by atoms with Crippen LogP contribution in [0.2, 0.25) is 0 Å². The Labute approximate surface area is 282 Å². The van der Waals surface area contributed by atoms with Gasteiger partial charge in [0.2, 0.25) is 10.0 Å². The van der Waals surface area contributed by atoms with Crippen molar-refractivity contribution in [3.8, 4) is 0 Å². The van der Waals surface area contributed by atoms with Gasteiger partial charge >= 0.3 is 6.09 Å². The van der Waals surface area contributed by atoms with Crippen molar-refractivity contribution in [2.75, 3.05) is 50.9 Å². The number of alkyl carbamates (subject to hydrolysis) is 1. The summed E-state index contributed by atoms with van der Waals surface area (Å²) in [5.41, 5.74) is 1.36. The number of hydrogen-bond donors (Lipinski definition) is 2. The minimum atomic E-state index is -4.09. The van der Waals surface area contributed by atoms with Crippen molar-refractivity contribution in [3.63, 3.8) is 0 Å². The molecule has 6 rings (SSSR count). The van der Waals surface area contributed by atoms with Crippen LogP contribution in [0.5, 0.6) is 0 Å². The summed E-state index contributed by atoms with van der Waals surface area (Å²) < 4.78 is 52.4. The van der Waals surface area contributed by atoms with Crippen molar-refractivity contribution < 1.29 is 37.1 Å². The number of rotatable bonds is 14. The Hall–Kier alpha value is -3.27. The van der Waals surface area contributed by atoms with E-state index in [0.717, 1.165) is 37.9 Å². The maximum atomic E-state index is 14.3. The molecule has 5 unspecified atom stereocenters. The molecule has 3 fully saturated rings. The third kappa shape index (κ3) is 7.63. The van der Waals surface area contributed by atoms with E-state index in [-0.39, 0.29) is 49.1 Å². The summed E-state index contributed by atoms with van der Waals surface area (Å²) in [6.45, 7) is 9.03. The molecule has 0 bridgehead atoms. The van der Waals surface area contributed by atoms with Gasteiger partial charge in [0.05, 0.1) is 41.6 Å². The normalized spacial score (nSPS) is 22.8. The minimum absolute atomic E-state index is 0.0389. The molecular weight excluding hydrogens is 638 g/mol. The van der Waals surface area contributed by atoms with Gasteiger partial charge in [-0.05, 0) is 62.3 Å². The van der Waals surface area contributed by atoms with Crippen molar-refractivity contribution in [2.45, 2.75) is 75.9 Å². The van der Waals surface area contributed by atoms with Gasteiger partial charge in [-0.3, -0.25) is 5.01 Å². The number of nitrogens with zero attached hydrogens (tertiary/aromatic N) is 4. The molecule has 1 amide bonds. The van der Waals surface area contributed by atoms with Crippen LogP contribution in [0.1, 0.15) is 45.6 Å². The highest BCUT2D eigenvalue weighted by molar-refractivity contribution is 7.89. The van der Waals surface area contributed by atoms with E-state index in [0.29, 0.717) is 29.9 Å². The molecule has 2 N–H and O–H groups in total. The van der Waals surface area contributed by atoms with Crippen LogP contribution >= 0.6 is 0 Å². The number of benzene rings is 2. The Morgan fingerprint density at radius 1 is 1.12 bits per heavy atom. The van der Waals surface area contributed by atoms with Crippen LogP contribution in [0.25, 0.3) is 11.0 Å². The Bertz CT molecular complexity index is 1630. The first-order chi connectivity index (χ1) is 23.1. The van der Waals surface area contributed by atoms with Gasteiger partial charge in [0.1, 0.15) is 6.10 Å². The minimum Gasteiger partial charge on any atom is -0.443 e. The summed E-state index contributed by atoms with van der Waals surface area (Å²) in [6.07, 6.45) is 0.382. The zero-order valence-corrected chi connectivity index (χ0v) is 28.7. The Balaban J connectivity index is 1.23. The molecule has 3 aliphatic heterocycles. The molecule has 13 nitrogen and oxygen atoms in total. The lowest BCUT2D eigenvalue weighted by Gasteiger charge is -2.31. The van der Waals surface area contributed by atoms with Gasteiger partial charge in [-0.25, -0.2) is 18.2 Å². The zero-order valence-electron chi connectivity index (χ0n) is 27.9. The SMILES string of the molecule is CCN(c1noc2ccc(S(=O)(=O)N(CC(C)C)CC(O)C(Cc3ccccc3)NC(=O)OC3COC4OCCC34)cc12)N1CCCC1. The molecule has 1 aromatic heterocycles. The maximum absolute atomic E-state index is 14.3. The number of aromatic nitrogens is 1. The summed E-state index contributed by atoms with van der Waals surface area (Å²) in [6, 6.07) is 13.3. The summed E-state index contributed by atoms with van der Waals surface area (Å²) in [7, 11) is -4.09. The third-order valence-corrected chi connectivity index (χ3v) is 11.1. The van der Waals surface area contributed by atoms with Crippen LogP contribution in [0, 0.1) is 11.8 Å². The third-order valence-electron chi connectivity index (χ3n) is 9.30. The van der Waals surface area contributed by atoms with Crippen molar-refractivity contribution in [1.82, 2.24) is 19.8 Å². The van der Waals surface area contributed by atoms with Crippen LogP contribution in [0.4, 0.5) is 10.6 Å². The highest BCUT2D eigenvalue weighted by atomic mass is 32.2. The number of hydrogen-bond acceptors (Lipinski definition) is 11. The average Bonchev–Trinajstić information content (AvgIpc) is 3.88. The number of nitrogens with one attached hydrogen (secondary N) is 1. The molecule has 0 spiro atoms. The topological polar surface area (TPSA) is 147 Å². The van der Waals surface area contributed by atoms with E-state index in [1.807, 2.05) is 56.1 Å². The van der Waals surface area contributed by atoms with Crippen molar-refractivity contribution in [1.29, 1.82) is 0 Å². The predicted octanol–water partition coefficient (Wildman–Crippen LogP) is 3.77. The molecule has 3 aromatic rings. The Morgan fingerprint density at radius 3 is 2.62 bits per heavy atom. The molecule has 2 aromatic carbocycles. The quantitative estimate of drug-likeness (QED) is 0.256. The van der Waals surface area contributed by atoms with Crippen LogP contribution in [0.15, 0.2) is 57.9 Å². The number of sulfonamides is 1. The molecule has 14 heteroatoms. The largest absolute Gasteiger partial charge is 0.443 e. The second-order valence-electron chi connectivity index (χ2n) is 13.2. The number of fused-ring (bicyclic) bond motifs is 2. The van der Waals surface area contributed by atoms with Crippen molar-refractivity contribution >= 4 is 32.9 Å². The van der Waals surface area contributed by atoms with E-state index in [1.165, 1.54) is 10.4 Å². The first-order valence-corrected chi connectivity index (χ1v) is 18.4. The van der Waals surface area contributed by atoms with Crippen LogP contribution in [0.3, 0.4) is 0 Å². The standard InChI is InChI=1S/C34H47N5O8S/c1-4-39(37-15-8-9-16-37)32-27-19-25(12-13-30(27)47-36-32)48(42,43)38(20-23(2)3)21-29(40)28(18-24-10-6-5-7-11-24)35-34(41)46-31-22-45-33-26(31)14-17-44-33/h5-7,10-13,19,23,26,28-29,31,33,40H,4,8-9,14-18,20-22H2,1-3H3,(H,35,41). The predicted molar refractivity (Wildman–Crippen MR) is 179 cm³/mol. The average molecular weight is 686 g/mol. The molecule has 5 atom stereocenters. The molecule has 4 heterocycles. The number of carbonyl (C=O) groups excluding carboxylic acids is 1. The zero-order chi connectivity index (χ0) is 33.8. The summed E-state index contributed by atoms with van der Waals surface area (Å²) in [4.78, 5) is 13.3. The van der Waals surface area contributed by atoms with E-state index < -0.39 is 34.4 Å². The fraction of sp³-hybridized carbons (Fsp3) is 0.588. The second kappa shape index (κ2) is 15.1. The molecule has 3 aliphatic rings. The van der Waals surface area contributed by atoms with E-state index in [9.17, 15) is 18.3 Å². The molecule has 3 saturated heterocycles. The summed E-state index contributed by atoms with van der Waals surface area (Å²) in [5.74, 6) is 0.501. The van der Waals surface area contributed by atoms with Gasteiger partial charge < -0.3 is 29.2 Å². The molecule has 0 aliphatic carbocycles. The molecule has 48 heavy (non-hydrogen) atoms. The fourth-order valence-electron chi connectivity index (χ4n) is 6.86. The number of aliphatic hydroxyl groups is 1. The lowest BCUT2D eigenvalue weighted by Crippen LogP contribution is -2.51. The number of aliphatic hydroxyl groups excluding tert-OH is 1. The highest BCUT2D eigenvalue weighted by Crippen LogP contribution is 2.34. The van der Waals surface area contributed by atoms with Crippen molar-refractivity contribution in [2.24, 2.45) is 11.8 Å². The monoisotopic (exact) mass is 685 g/mol. The molecule has 0 radical (unpaired) electrons. The van der Waals surface area contributed by atoms with Crippen LogP contribution in [-0.4, -0.2) is 105 Å². The van der Waals surface area contributed by atoms with Crippen molar-refractivity contribution in [3.05, 3.63) is 54.1 Å². The fourth-order valence-corrected chi connectivity index (χ4v) is 8.51. The number of ether oxygens (including phenoxy) is 3. The molecule has 0 saturated carbocycles. The van der Waals surface area contributed by atoms with Gasteiger partial charge in [0, 0.05) is 32.7 Å². The van der Waals surface area contributed by atoms with Gasteiger partial charge in [0.15, 0.2) is 17.7 Å². The lowest BCUT2D eigenvalue weighted by molar-refractivity contribution is -0.0907. The number of hydrazine groups is 1. The van der Waals surface area contributed by atoms with Gasteiger partial charge in [0.25, 0.3) is 0 Å². The van der Waals surface area contributed by atoms with Gasteiger partial charge in [-0.15, -0.1) is 0 Å². The first-order valence-electron chi connectivity index (χ1n) is 17.0. The summed E-state index contributed by atoms with van der Waals surface area (Å²) >= 11 is 0. The number of anilines is 1. The second-order valence-corrected chi connectivity index (χ2v) is 15.2. The summed E-state index contributed by atoms with van der Waals surface area (Å²) in [5, 5.41) is 23.7. The Morgan fingerprint density at radius 2 is 1.90 bits per heavy atom. The molecule has 262 valence electrons. The van der Waals surface area contributed by atoms with E-state index in [1.54, 1.807) is 12.1 Å². The van der Waals surface area contributed by atoms with E-state index in [2.05, 4.69) is 15.5 Å².